The topological polar surface area (TPSA) is 80.5 Å². The van der Waals surface area contributed by atoms with Gasteiger partial charge in [0.05, 0.1) is 31.4 Å². The van der Waals surface area contributed by atoms with Crippen molar-refractivity contribution in [3.05, 3.63) is 60.2 Å². The summed E-state index contributed by atoms with van der Waals surface area (Å²) >= 11 is 2.81. The average molecular weight is 457 g/mol. The summed E-state index contributed by atoms with van der Waals surface area (Å²) in [6.45, 7) is 0.453. The van der Waals surface area contributed by atoms with Gasteiger partial charge in [0, 0.05) is 5.70 Å². The van der Waals surface area contributed by atoms with E-state index in [1.165, 1.54) is 29.5 Å². The highest BCUT2D eigenvalue weighted by Crippen LogP contribution is 2.32. The van der Waals surface area contributed by atoms with E-state index < -0.39 is 0 Å². The number of amides is 1. The fraction of sp³-hybridized carbons (Fsp3) is 0.318. The molecule has 1 aromatic carbocycles. The summed E-state index contributed by atoms with van der Waals surface area (Å²) in [6.07, 6.45) is 8.03. The number of ether oxygens (including phenoxy) is 1. The fourth-order valence-corrected chi connectivity index (χ4v) is 5.00. The van der Waals surface area contributed by atoms with Crippen molar-refractivity contribution in [1.29, 1.82) is 0 Å². The number of nitrogens with zero attached hydrogens (tertiary/aromatic N) is 3. The van der Waals surface area contributed by atoms with Crippen LogP contribution in [0.4, 0.5) is 10.8 Å². The van der Waals surface area contributed by atoms with Gasteiger partial charge in [0.25, 0.3) is 0 Å². The van der Waals surface area contributed by atoms with Crippen LogP contribution in [0.5, 0.6) is 5.75 Å². The number of para-hydroxylation sites is 2. The van der Waals surface area contributed by atoms with Crippen LogP contribution in [0.3, 0.4) is 0 Å². The molecule has 9 heteroatoms. The van der Waals surface area contributed by atoms with E-state index in [-0.39, 0.29) is 5.91 Å². The number of furan rings is 1. The Kier molecular flexibility index (Phi) is 7.26. The zero-order chi connectivity index (χ0) is 21.5. The highest BCUT2D eigenvalue weighted by atomic mass is 32.2. The number of thioether (sulfide) groups is 1. The number of anilines is 2. The highest BCUT2D eigenvalue weighted by Gasteiger charge is 2.21. The van der Waals surface area contributed by atoms with E-state index >= 15 is 0 Å². The number of hydrogen-bond donors (Lipinski definition) is 1. The molecule has 2 heterocycles. The largest absolute Gasteiger partial charge is 0.495 e. The third-order valence-corrected chi connectivity index (χ3v) is 6.84. The van der Waals surface area contributed by atoms with Crippen molar-refractivity contribution in [2.45, 2.75) is 36.6 Å². The Morgan fingerprint density at radius 2 is 2.16 bits per heavy atom. The van der Waals surface area contributed by atoms with Crippen LogP contribution in [0.25, 0.3) is 0 Å². The predicted molar refractivity (Wildman–Crippen MR) is 123 cm³/mol. The van der Waals surface area contributed by atoms with Crippen molar-refractivity contribution in [1.82, 2.24) is 15.1 Å². The van der Waals surface area contributed by atoms with Gasteiger partial charge in [0.1, 0.15) is 11.5 Å². The van der Waals surface area contributed by atoms with E-state index in [0.717, 1.165) is 46.5 Å². The molecule has 0 fully saturated rings. The van der Waals surface area contributed by atoms with E-state index in [9.17, 15) is 4.79 Å². The van der Waals surface area contributed by atoms with Crippen LogP contribution >= 0.6 is 23.1 Å². The standard InChI is InChI=1S/C22H24N4O3S2/c1-28-19-12-6-5-11-18(19)23-21-24-25-22(31-21)30-15-20(27)26(14-17-10-7-13-29-17)16-8-3-2-4-9-16/h5-8,10-13H,2-4,9,14-15H2,1H3,(H,23,24). The Balaban J connectivity index is 1.39. The molecule has 1 amide bonds. The lowest BCUT2D eigenvalue weighted by Gasteiger charge is -2.26. The van der Waals surface area contributed by atoms with E-state index in [1.54, 1.807) is 13.4 Å². The number of methoxy groups -OCH3 is 1. The molecule has 1 aliphatic rings. The van der Waals surface area contributed by atoms with Gasteiger partial charge < -0.3 is 19.4 Å². The highest BCUT2D eigenvalue weighted by molar-refractivity contribution is 8.01. The molecular formula is C22H24N4O3S2. The van der Waals surface area contributed by atoms with Crippen LogP contribution in [-0.2, 0) is 11.3 Å². The van der Waals surface area contributed by atoms with Crippen molar-refractivity contribution in [2.75, 3.05) is 18.2 Å². The predicted octanol–water partition coefficient (Wildman–Crippen LogP) is 5.46. The molecule has 0 spiro atoms. The third kappa shape index (κ3) is 5.68. The lowest BCUT2D eigenvalue weighted by molar-refractivity contribution is -0.127. The maximum atomic E-state index is 13.1. The summed E-state index contributed by atoms with van der Waals surface area (Å²) < 4.78 is 11.6. The molecule has 0 unspecified atom stereocenters. The number of hydrogen-bond acceptors (Lipinski definition) is 8. The summed E-state index contributed by atoms with van der Waals surface area (Å²) in [6, 6.07) is 11.4. The fourth-order valence-electron chi connectivity index (χ4n) is 3.36. The zero-order valence-corrected chi connectivity index (χ0v) is 18.9. The molecular weight excluding hydrogens is 432 g/mol. The minimum absolute atomic E-state index is 0.0454. The number of carbonyl (C=O) groups excluding carboxylic acids is 1. The van der Waals surface area contributed by atoms with Crippen LogP contribution in [-0.4, -0.2) is 33.9 Å². The van der Waals surface area contributed by atoms with Gasteiger partial charge in [-0.1, -0.05) is 41.3 Å². The number of rotatable bonds is 9. The average Bonchev–Trinajstić information content (AvgIpc) is 3.49. The van der Waals surface area contributed by atoms with Crippen molar-refractivity contribution in [2.24, 2.45) is 0 Å². The molecule has 0 radical (unpaired) electrons. The molecule has 3 aromatic rings. The lowest BCUT2D eigenvalue weighted by Crippen LogP contribution is -2.32. The van der Waals surface area contributed by atoms with Gasteiger partial charge in [0.15, 0.2) is 4.34 Å². The molecule has 162 valence electrons. The minimum Gasteiger partial charge on any atom is -0.495 e. The molecule has 0 atom stereocenters. The molecule has 1 N–H and O–H groups in total. The number of benzene rings is 1. The monoisotopic (exact) mass is 456 g/mol. The Morgan fingerprint density at radius 1 is 1.26 bits per heavy atom. The molecule has 4 rings (SSSR count). The number of nitrogens with one attached hydrogen (secondary N) is 1. The first-order chi connectivity index (χ1) is 15.2. The normalized spacial score (nSPS) is 13.5. The maximum Gasteiger partial charge on any atom is 0.237 e. The molecule has 2 aromatic heterocycles. The van der Waals surface area contributed by atoms with Gasteiger partial charge in [-0.2, -0.15) is 0 Å². The van der Waals surface area contributed by atoms with Crippen LogP contribution in [0.15, 0.2) is 63.2 Å². The van der Waals surface area contributed by atoms with Crippen molar-refractivity contribution in [3.8, 4) is 5.75 Å². The molecule has 0 saturated carbocycles. The van der Waals surface area contributed by atoms with Crippen molar-refractivity contribution >= 4 is 39.8 Å². The smallest absolute Gasteiger partial charge is 0.237 e. The van der Waals surface area contributed by atoms with Crippen molar-refractivity contribution < 1.29 is 13.9 Å². The first-order valence-corrected chi connectivity index (χ1v) is 11.9. The third-order valence-electron chi connectivity index (χ3n) is 4.88. The van der Waals surface area contributed by atoms with Gasteiger partial charge in [-0.25, -0.2) is 0 Å². The van der Waals surface area contributed by atoms with E-state index in [4.69, 9.17) is 9.15 Å². The lowest BCUT2D eigenvalue weighted by atomic mass is 10.0. The number of allylic oxidation sites excluding steroid dienone is 2. The Bertz CT molecular complexity index is 1030. The van der Waals surface area contributed by atoms with E-state index in [2.05, 4.69) is 21.6 Å². The van der Waals surface area contributed by atoms with Gasteiger partial charge in [-0.15, -0.1) is 10.2 Å². The summed E-state index contributed by atoms with van der Waals surface area (Å²) in [7, 11) is 1.63. The summed E-state index contributed by atoms with van der Waals surface area (Å²) in [5, 5.41) is 12.3. The molecule has 31 heavy (non-hydrogen) atoms. The summed E-state index contributed by atoms with van der Waals surface area (Å²) in [5.41, 5.74) is 1.91. The van der Waals surface area contributed by atoms with Crippen molar-refractivity contribution in [3.63, 3.8) is 0 Å². The minimum atomic E-state index is 0.0454. The quantitative estimate of drug-likeness (QED) is 0.428. The van der Waals surface area contributed by atoms with Gasteiger partial charge in [-0.3, -0.25) is 4.79 Å². The SMILES string of the molecule is COc1ccccc1Nc1nnc(SCC(=O)N(Cc2ccco2)C2=CCCCC2)s1. The number of aromatic nitrogens is 2. The molecule has 1 aliphatic carbocycles. The van der Waals surface area contributed by atoms with Crippen LogP contribution < -0.4 is 10.1 Å². The van der Waals surface area contributed by atoms with Gasteiger partial charge in [0.2, 0.25) is 11.0 Å². The molecule has 0 aliphatic heterocycles. The van der Waals surface area contributed by atoms with Crippen LogP contribution in [0.1, 0.15) is 31.4 Å². The summed E-state index contributed by atoms with van der Waals surface area (Å²) in [4.78, 5) is 14.9. The maximum absolute atomic E-state index is 13.1. The first-order valence-electron chi connectivity index (χ1n) is 10.1. The molecule has 0 saturated heterocycles. The van der Waals surface area contributed by atoms with Crippen LogP contribution in [0.2, 0.25) is 0 Å². The van der Waals surface area contributed by atoms with Gasteiger partial charge >= 0.3 is 0 Å². The Labute approximate surface area is 189 Å². The second-order valence-corrected chi connectivity index (χ2v) is 9.19. The Morgan fingerprint density at radius 3 is 2.94 bits per heavy atom. The summed E-state index contributed by atoms with van der Waals surface area (Å²) in [5.74, 6) is 1.85. The van der Waals surface area contributed by atoms with E-state index in [1.807, 2.05) is 41.3 Å². The second-order valence-electron chi connectivity index (χ2n) is 6.99. The Hall–Kier alpha value is -2.78. The first kappa shape index (κ1) is 21.5. The molecule has 7 nitrogen and oxygen atoms in total. The van der Waals surface area contributed by atoms with Crippen LogP contribution in [0, 0.1) is 0 Å². The van der Waals surface area contributed by atoms with Gasteiger partial charge in [-0.05, 0) is 49.9 Å². The zero-order valence-electron chi connectivity index (χ0n) is 17.2. The van der Waals surface area contributed by atoms with E-state index in [0.29, 0.717) is 17.4 Å². The number of carbonyl (C=O) groups is 1. The second kappa shape index (κ2) is 10.5. The molecule has 0 bridgehead atoms.